The van der Waals surface area contributed by atoms with Crippen LogP contribution in [0.25, 0.3) is 0 Å². The molecule has 0 unspecified atom stereocenters. The van der Waals surface area contributed by atoms with Crippen LogP contribution in [0.1, 0.15) is 5.56 Å². The van der Waals surface area contributed by atoms with Crippen molar-refractivity contribution in [2.75, 3.05) is 12.8 Å². The highest BCUT2D eigenvalue weighted by Gasteiger charge is 2.30. The molecule has 0 saturated heterocycles. The molecule has 106 valence electrons. The van der Waals surface area contributed by atoms with E-state index >= 15 is 0 Å². The second kappa shape index (κ2) is 5.32. The van der Waals surface area contributed by atoms with Crippen LogP contribution >= 0.6 is 0 Å². The molecule has 0 bridgehead atoms. The van der Waals surface area contributed by atoms with E-state index in [-0.39, 0.29) is 17.2 Å². The number of anilines is 1. The SMILES string of the molecule is COc1ccc(Oc2cccc(C(F)(F)F)c2)c(N)c1. The van der Waals surface area contributed by atoms with Crippen molar-refractivity contribution in [3.63, 3.8) is 0 Å². The number of nitrogen functional groups attached to an aromatic ring is 1. The Morgan fingerprint density at radius 1 is 1.00 bits per heavy atom. The quantitative estimate of drug-likeness (QED) is 0.863. The van der Waals surface area contributed by atoms with Crippen LogP contribution in [0.5, 0.6) is 17.2 Å². The predicted octanol–water partition coefficient (Wildman–Crippen LogP) is 4.09. The molecule has 3 nitrogen and oxygen atoms in total. The van der Waals surface area contributed by atoms with Gasteiger partial charge < -0.3 is 15.2 Å². The standard InChI is InChI=1S/C14H12F3NO2/c1-19-10-5-6-13(12(18)8-10)20-11-4-2-3-9(7-11)14(15,16)17/h2-8H,18H2,1H3. The Balaban J connectivity index is 2.26. The molecule has 0 spiro atoms. The third kappa shape index (κ3) is 3.14. The van der Waals surface area contributed by atoms with E-state index in [0.29, 0.717) is 5.75 Å². The normalized spacial score (nSPS) is 11.2. The summed E-state index contributed by atoms with van der Waals surface area (Å²) in [6.45, 7) is 0. The lowest BCUT2D eigenvalue weighted by Crippen LogP contribution is -2.04. The maximum absolute atomic E-state index is 12.6. The number of methoxy groups -OCH3 is 1. The van der Waals surface area contributed by atoms with Gasteiger partial charge in [0.1, 0.15) is 11.5 Å². The minimum atomic E-state index is -4.41. The Morgan fingerprint density at radius 2 is 1.75 bits per heavy atom. The van der Waals surface area contributed by atoms with Crippen molar-refractivity contribution in [1.82, 2.24) is 0 Å². The molecule has 2 aromatic rings. The number of hydrogen-bond donors (Lipinski definition) is 1. The number of hydrogen-bond acceptors (Lipinski definition) is 3. The van der Waals surface area contributed by atoms with Crippen molar-refractivity contribution in [3.8, 4) is 17.2 Å². The fourth-order valence-electron chi connectivity index (χ4n) is 1.61. The Labute approximate surface area is 113 Å². The molecule has 0 aliphatic carbocycles. The first kappa shape index (κ1) is 14.0. The number of benzene rings is 2. The first-order valence-electron chi connectivity index (χ1n) is 5.69. The van der Waals surface area contributed by atoms with E-state index in [1.165, 1.54) is 31.4 Å². The van der Waals surface area contributed by atoms with Crippen molar-refractivity contribution in [2.45, 2.75) is 6.18 Å². The van der Waals surface area contributed by atoms with E-state index in [4.69, 9.17) is 15.2 Å². The lowest BCUT2D eigenvalue weighted by molar-refractivity contribution is -0.137. The summed E-state index contributed by atoms with van der Waals surface area (Å²) in [5.41, 5.74) is 5.24. The van der Waals surface area contributed by atoms with E-state index in [9.17, 15) is 13.2 Å². The second-order valence-electron chi connectivity index (χ2n) is 4.03. The van der Waals surface area contributed by atoms with Crippen molar-refractivity contribution in [2.24, 2.45) is 0 Å². The summed E-state index contributed by atoms with van der Waals surface area (Å²) in [6.07, 6.45) is -4.41. The smallest absolute Gasteiger partial charge is 0.416 e. The molecule has 0 aromatic heterocycles. The molecule has 20 heavy (non-hydrogen) atoms. The van der Waals surface area contributed by atoms with E-state index < -0.39 is 11.7 Å². The lowest BCUT2D eigenvalue weighted by Gasteiger charge is -2.12. The first-order chi connectivity index (χ1) is 9.40. The van der Waals surface area contributed by atoms with E-state index in [1.54, 1.807) is 6.07 Å². The zero-order valence-corrected chi connectivity index (χ0v) is 10.6. The Hall–Kier alpha value is -2.37. The van der Waals surface area contributed by atoms with Crippen LogP contribution in [0.15, 0.2) is 42.5 Å². The van der Waals surface area contributed by atoms with E-state index in [1.807, 2.05) is 0 Å². The van der Waals surface area contributed by atoms with Crippen molar-refractivity contribution >= 4 is 5.69 Å². The molecule has 0 atom stereocenters. The van der Waals surface area contributed by atoms with Crippen LogP contribution in [0.3, 0.4) is 0 Å². The molecular formula is C14H12F3NO2. The number of nitrogens with two attached hydrogens (primary N) is 1. The highest BCUT2D eigenvalue weighted by Crippen LogP contribution is 2.34. The fraction of sp³-hybridized carbons (Fsp3) is 0.143. The maximum Gasteiger partial charge on any atom is 0.416 e. The molecule has 0 saturated carbocycles. The third-order valence-electron chi connectivity index (χ3n) is 2.61. The highest BCUT2D eigenvalue weighted by atomic mass is 19.4. The van der Waals surface area contributed by atoms with Crippen LogP contribution in [0, 0.1) is 0 Å². The number of halogens is 3. The minimum absolute atomic E-state index is 0.0664. The van der Waals surface area contributed by atoms with Gasteiger partial charge in [0.05, 0.1) is 18.4 Å². The lowest BCUT2D eigenvalue weighted by atomic mass is 10.2. The first-order valence-corrected chi connectivity index (χ1v) is 5.69. The number of alkyl halides is 3. The predicted molar refractivity (Wildman–Crippen MR) is 68.9 cm³/mol. The topological polar surface area (TPSA) is 44.5 Å². The number of ether oxygens (including phenoxy) is 2. The van der Waals surface area contributed by atoms with Crippen LogP contribution in [-0.2, 0) is 6.18 Å². The summed E-state index contributed by atoms with van der Waals surface area (Å²) in [5.74, 6) is 0.876. The Morgan fingerprint density at radius 3 is 2.35 bits per heavy atom. The molecule has 0 radical (unpaired) electrons. The van der Waals surface area contributed by atoms with Crippen molar-refractivity contribution in [1.29, 1.82) is 0 Å². The molecule has 6 heteroatoms. The minimum Gasteiger partial charge on any atom is -0.497 e. The average Bonchev–Trinajstić information content (AvgIpc) is 2.40. The monoisotopic (exact) mass is 283 g/mol. The highest BCUT2D eigenvalue weighted by molar-refractivity contribution is 5.57. The van der Waals surface area contributed by atoms with Crippen LogP contribution in [0.4, 0.5) is 18.9 Å². The number of rotatable bonds is 3. The maximum atomic E-state index is 12.6. The summed E-state index contributed by atoms with van der Waals surface area (Å²) in [7, 11) is 1.49. The summed E-state index contributed by atoms with van der Waals surface area (Å²) in [6, 6.07) is 9.28. The third-order valence-corrected chi connectivity index (χ3v) is 2.61. The zero-order chi connectivity index (χ0) is 14.8. The molecule has 2 N–H and O–H groups in total. The van der Waals surface area contributed by atoms with Gasteiger partial charge in [-0.15, -0.1) is 0 Å². The van der Waals surface area contributed by atoms with Crippen LogP contribution in [0.2, 0.25) is 0 Å². The summed E-state index contributed by atoms with van der Waals surface area (Å²) in [5, 5.41) is 0. The molecule has 2 aromatic carbocycles. The molecule has 0 aliphatic heterocycles. The van der Waals surface area contributed by atoms with Gasteiger partial charge in [-0.1, -0.05) is 6.07 Å². The van der Waals surface area contributed by atoms with Gasteiger partial charge in [-0.2, -0.15) is 13.2 Å². The summed E-state index contributed by atoms with van der Waals surface area (Å²) >= 11 is 0. The van der Waals surface area contributed by atoms with Gasteiger partial charge in [0.15, 0.2) is 5.75 Å². The van der Waals surface area contributed by atoms with Gasteiger partial charge in [0, 0.05) is 6.07 Å². The molecular weight excluding hydrogens is 271 g/mol. The largest absolute Gasteiger partial charge is 0.497 e. The van der Waals surface area contributed by atoms with Gasteiger partial charge in [0.25, 0.3) is 0 Å². The molecule has 0 fully saturated rings. The summed E-state index contributed by atoms with van der Waals surface area (Å²) in [4.78, 5) is 0. The fourth-order valence-corrected chi connectivity index (χ4v) is 1.61. The van der Waals surface area contributed by atoms with Crippen LogP contribution < -0.4 is 15.2 Å². The average molecular weight is 283 g/mol. The van der Waals surface area contributed by atoms with Crippen molar-refractivity contribution < 1.29 is 22.6 Å². The Kier molecular flexibility index (Phi) is 3.74. The van der Waals surface area contributed by atoms with E-state index in [0.717, 1.165) is 12.1 Å². The second-order valence-corrected chi connectivity index (χ2v) is 4.03. The van der Waals surface area contributed by atoms with Gasteiger partial charge in [-0.05, 0) is 30.3 Å². The van der Waals surface area contributed by atoms with Crippen LogP contribution in [-0.4, -0.2) is 7.11 Å². The Bertz CT molecular complexity index is 612. The molecule has 0 amide bonds. The zero-order valence-electron chi connectivity index (χ0n) is 10.6. The molecule has 0 aliphatic rings. The molecule has 2 rings (SSSR count). The van der Waals surface area contributed by atoms with Gasteiger partial charge in [-0.3, -0.25) is 0 Å². The van der Waals surface area contributed by atoms with Crippen molar-refractivity contribution in [3.05, 3.63) is 48.0 Å². The molecule has 0 heterocycles. The van der Waals surface area contributed by atoms with Gasteiger partial charge in [0.2, 0.25) is 0 Å². The van der Waals surface area contributed by atoms with Gasteiger partial charge in [-0.25, -0.2) is 0 Å². The van der Waals surface area contributed by atoms with E-state index in [2.05, 4.69) is 0 Å². The van der Waals surface area contributed by atoms with Gasteiger partial charge >= 0.3 is 6.18 Å². The summed E-state index contributed by atoms with van der Waals surface area (Å²) < 4.78 is 48.1.